The minimum atomic E-state index is -0.451. The van der Waals surface area contributed by atoms with E-state index >= 15 is 0 Å². The van der Waals surface area contributed by atoms with Crippen molar-refractivity contribution in [3.63, 3.8) is 0 Å². The Hall–Kier alpha value is -2.14. The lowest BCUT2D eigenvalue weighted by Gasteiger charge is -2.07. The number of unbranched alkanes of at least 4 members (excludes halogenated alkanes) is 2. The van der Waals surface area contributed by atoms with Gasteiger partial charge in [-0.15, -0.1) is 0 Å². The number of aromatic nitrogens is 1. The summed E-state index contributed by atoms with van der Waals surface area (Å²) in [5, 5.41) is 11.4. The Labute approximate surface area is 139 Å². The number of nitrogens with one attached hydrogen (secondary N) is 1. The maximum Gasteiger partial charge on any atom is 0.270 e. The summed E-state index contributed by atoms with van der Waals surface area (Å²) in [5.41, 5.74) is 3.50. The molecule has 0 fully saturated rings. The number of halogens is 1. The van der Waals surface area contributed by atoms with E-state index in [1.54, 1.807) is 0 Å². The molecule has 1 aromatic heterocycles. The molecule has 1 heterocycles. The predicted octanol–water partition coefficient (Wildman–Crippen LogP) is 5.10. The smallest absolute Gasteiger partial charge is 0.270 e. The summed E-state index contributed by atoms with van der Waals surface area (Å²) >= 11 is 6.24. The van der Waals surface area contributed by atoms with Crippen molar-refractivity contribution in [3.05, 3.63) is 50.2 Å². The van der Waals surface area contributed by atoms with Crippen LogP contribution in [0.25, 0.3) is 11.3 Å². The fourth-order valence-electron chi connectivity index (χ4n) is 2.71. The number of H-pyrrole nitrogens is 1. The van der Waals surface area contributed by atoms with Crippen molar-refractivity contribution in [2.75, 3.05) is 0 Å². The molecule has 5 nitrogen and oxygen atoms in total. The number of aldehydes is 1. The fraction of sp³-hybridized carbons (Fsp3) is 0.353. The molecule has 1 aromatic carbocycles. The highest BCUT2D eigenvalue weighted by Crippen LogP contribution is 2.35. The van der Waals surface area contributed by atoms with Gasteiger partial charge < -0.3 is 4.98 Å². The predicted molar refractivity (Wildman–Crippen MR) is 91.2 cm³/mol. The van der Waals surface area contributed by atoms with Gasteiger partial charge in [0.25, 0.3) is 5.69 Å². The highest BCUT2D eigenvalue weighted by Gasteiger charge is 2.19. The van der Waals surface area contributed by atoms with Crippen LogP contribution in [0.1, 0.15) is 47.8 Å². The van der Waals surface area contributed by atoms with Crippen molar-refractivity contribution < 1.29 is 9.72 Å². The number of rotatable bonds is 7. The average Bonchev–Trinajstić information content (AvgIpc) is 2.83. The normalized spacial score (nSPS) is 10.7. The first-order chi connectivity index (χ1) is 11.0. The first kappa shape index (κ1) is 17.2. The highest BCUT2D eigenvalue weighted by molar-refractivity contribution is 6.33. The highest BCUT2D eigenvalue weighted by atomic mass is 35.5. The molecule has 122 valence electrons. The molecule has 6 heteroatoms. The Morgan fingerprint density at radius 1 is 1.35 bits per heavy atom. The van der Waals surface area contributed by atoms with Gasteiger partial charge in [0.1, 0.15) is 0 Å². The van der Waals surface area contributed by atoms with Crippen molar-refractivity contribution in [1.29, 1.82) is 0 Å². The number of hydrogen-bond donors (Lipinski definition) is 1. The van der Waals surface area contributed by atoms with Crippen LogP contribution >= 0.6 is 11.6 Å². The van der Waals surface area contributed by atoms with Gasteiger partial charge in [0, 0.05) is 29.0 Å². The second kappa shape index (κ2) is 7.42. The van der Waals surface area contributed by atoms with Crippen LogP contribution in [0.15, 0.2) is 18.2 Å². The SMILES string of the molecule is CCCCCc1c(-c2cc([N+](=O)[O-])ccc2Cl)[nH]c(C)c1C=O. The summed E-state index contributed by atoms with van der Waals surface area (Å²) in [6.45, 7) is 3.93. The molecule has 2 rings (SSSR count). The molecular weight excluding hydrogens is 316 g/mol. The van der Waals surface area contributed by atoms with Gasteiger partial charge in [-0.2, -0.15) is 0 Å². The summed E-state index contributed by atoms with van der Waals surface area (Å²) in [6.07, 6.45) is 4.66. The van der Waals surface area contributed by atoms with Crippen molar-refractivity contribution in [1.82, 2.24) is 4.98 Å². The van der Waals surface area contributed by atoms with E-state index in [0.29, 0.717) is 21.8 Å². The van der Waals surface area contributed by atoms with Crippen LogP contribution in [-0.2, 0) is 6.42 Å². The number of carbonyl (C=O) groups excluding carboxylic acids is 1. The third-order valence-corrected chi connectivity index (χ3v) is 4.25. The van der Waals surface area contributed by atoms with E-state index in [0.717, 1.165) is 43.2 Å². The topological polar surface area (TPSA) is 76.0 Å². The van der Waals surface area contributed by atoms with E-state index in [1.807, 2.05) is 6.92 Å². The average molecular weight is 335 g/mol. The van der Waals surface area contributed by atoms with Gasteiger partial charge in [-0.25, -0.2) is 0 Å². The second-order valence-corrected chi connectivity index (χ2v) is 5.92. The van der Waals surface area contributed by atoms with Gasteiger partial charge in [0.2, 0.25) is 0 Å². The molecule has 0 atom stereocenters. The number of nitro groups is 1. The number of hydrogen-bond acceptors (Lipinski definition) is 3. The van der Waals surface area contributed by atoms with E-state index in [9.17, 15) is 14.9 Å². The minimum absolute atomic E-state index is 0.0242. The summed E-state index contributed by atoms with van der Waals surface area (Å²) in [7, 11) is 0. The van der Waals surface area contributed by atoms with Crippen molar-refractivity contribution in [2.24, 2.45) is 0 Å². The van der Waals surface area contributed by atoms with Crippen molar-refractivity contribution in [2.45, 2.75) is 39.5 Å². The Balaban J connectivity index is 2.56. The van der Waals surface area contributed by atoms with Crippen molar-refractivity contribution >= 4 is 23.6 Å². The second-order valence-electron chi connectivity index (χ2n) is 5.51. The third kappa shape index (κ3) is 3.62. The Morgan fingerprint density at radius 2 is 2.09 bits per heavy atom. The van der Waals surface area contributed by atoms with Crippen LogP contribution in [0.5, 0.6) is 0 Å². The van der Waals surface area contributed by atoms with Crippen molar-refractivity contribution in [3.8, 4) is 11.3 Å². The van der Waals surface area contributed by atoms with Crippen LogP contribution in [0.2, 0.25) is 5.02 Å². The first-order valence-electron chi connectivity index (χ1n) is 7.60. The van der Waals surface area contributed by atoms with Crippen LogP contribution < -0.4 is 0 Å². The van der Waals surface area contributed by atoms with Gasteiger partial charge in [0.15, 0.2) is 6.29 Å². The van der Waals surface area contributed by atoms with Crippen LogP contribution in [0.4, 0.5) is 5.69 Å². The number of benzene rings is 1. The Morgan fingerprint density at radius 3 is 2.70 bits per heavy atom. The Kier molecular flexibility index (Phi) is 5.55. The molecule has 0 aliphatic heterocycles. The zero-order valence-electron chi connectivity index (χ0n) is 13.2. The zero-order valence-corrected chi connectivity index (χ0v) is 13.9. The number of carbonyl (C=O) groups is 1. The fourth-order valence-corrected chi connectivity index (χ4v) is 2.92. The molecule has 0 saturated heterocycles. The maximum atomic E-state index is 11.4. The number of nitrogens with zero attached hydrogens (tertiary/aromatic N) is 1. The van der Waals surface area contributed by atoms with Crippen LogP contribution in [0.3, 0.4) is 0 Å². The largest absolute Gasteiger partial charge is 0.358 e. The summed E-state index contributed by atoms with van der Waals surface area (Å²) in [6, 6.07) is 4.34. The number of non-ortho nitro benzene ring substituents is 1. The minimum Gasteiger partial charge on any atom is -0.358 e. The summed E-state index contributed by atoms with van der Waals surface area (Å²) < 4.78 is 0. The molecule has 0 amide bonds. The van der Waals surface area contributed by atoms with E-state index in [2.05, 4.69) is 11.9 Å². The molecule has 0 bridgehead atoms. The maximum absolute atomic E-state index is 11.4. The quantitative estimate of drug-likeness (QED) is 0.331. The van der Waals surface area contributed by atoms with Gasteiger partial charge >= 0.3 is 0 Å². The molecule has 0 saturated carbocycles. The number of aryl methyl sites for hydroxylation is 1. The molecule has 0 radical (unpaired) electrons. The first-order valence-corrected chi connectivity index (χ1v) is 7.98. The van der Waals surface area contributed by atoms with Gasteiger partial charge in [-0.3, -0.25) is 14.9 Å². The van der Waals surface area contributed by atoms with E-state index in [-0.39, 0.29) is 5.69 Å². The third-order valence-electron chi connectivity index (χ3n) is 3.92. The lowest BCUT2D eigenvalue weighted by molar-refractivity contribution is -0.384. The van der Waals surface area contributed by atoms with Gasteiger partial charge in [-0.1, -0.05) is 31.4 Å². The molecule has 0 spiro atoms. The standard InChI is InChI=1S/C17H19ClN2O3/c1-3-4-5-6-13-15(10-21)11(2)19-17(13)14-9-12(20(22)23)7-8-16(14)18/h7-10,19H,3-6H2,1-2H3. The monoisotopic (exact) mass is 334 g/mol. The molecule has 1 N–H and O–H groups in total. The molecule has 2 aromatic rings. The van der Waals surface area contributed by atoms with E-state index < -0.39 is 4.92 Å². The summed E-state index contributed by atoms with van der Waals surface area (Å²) in [4.78, 5) is 25.2. The number of nitro benzene ring substituents is 1. The van der Waals surface area contributed by atoms with Gasteiger partial charge in [-0.05, 0) is 31.4 Å². The zero-order chi connectivity index (χ0) is 17.0. The molecular formula is C17H19ClN2O3. The van der Waals surface area contributed by atoms with E-state index in [1.165, 1.54) is 18.2 Å². The molecule has 0 aliphatic carbocycles. The number of aromatic amines is 1. The van der Waals surface area contributed by atoms with Crippen LogP contribution in [0, 0.1) is 17.0 Å². The van der Waals surface area contributed by atoms with Crippen LogP contribution in [-0.4, -0.2) is 16.2 Å². The van der Waals surface area contributed by atoms with E-state index in [4.69, 9.17) is 11.6 Å². The lowest BCUT2D eigenvalue weighted by Crippen LogP contribution is -1.94. The molecule has 23 heavy (non-hydrogen) atoms. The Bertz CT molecular complexity index is 738. The van der Waals surface area contributed by atoms with Gasteiger partial charge in [0.05, 0.1) is 15.6 Å². The summed E-state index contributed by atoms with van der Waals surface area (Å²) in [5.74, 6) is 0. The molecule has 0 aliphatic rings. The lowest BCUT2D eigenvalue weighted by atomic mass is 9.99. The molecule has 0 unspecified atom stereocenters.